The molecule has 0 radical (unpaired) electrons. The minimum Gasteiger partial charge on any atom is -0.425 e. The molecule has 0 aliphatic carbocycles. The molecule has 2 aliphatic heterocycles. The molecule has 5 nitrogen and oxygen atoms in total. The Bertz CT molecular complexity index is 341. The van der Waals surface area contributed by atoms with Crippen molar-refractivity contribution in [1.82, 2.24) is 15.5 Å². The summed E-state index contributed by atoms with van der Waals surface area (Å²) in [5.41, 5.74) is 0. The molecule has 3 heterocycles. The van der Waals surface area contributed by atoms with Crippen molar-refractivity contribution in [2.45, 2.75) is 31.1 Å². The summed E-state index contributed by atoms with van der Waals surface area (Å²) in [4.78, 5) is 0. The van der Waals surface area contributed by atoms with E-state index in [2.05, 4.69) is 15.5 Å². The lowest BCUT2D eigenvalue weighted by atomic mass is 10.0. The molecule has 1 N–H and O–H groups in total. The average Bonchev–Trinajstić information content (AvgIpc) is 3.01. The highest BCUT2D eigenvalue weighted by atomic mass is 16.5. The first-order valence-corrected chi connectivity index (χ1v) is 6.05. The summed E-state index contributed by atoms with van der Waals surface area (Å²) in [6, 6.07) is 0. The Balaban J connectivity index is 1.71. The van der Waals surface area contributed by atoms with Crippen molar-refractivity contribution in [3.05, 3.63) is 11.8 Å². The van der Waals surface area contributed by atoms with E-state index in [1.807, 2.05) is 0 Å². The van der Waals surface area contributed by atoms with E-state index in [4.69, 9.17) is 9.15 Å². The van der Waals surface area contributed by atoms with Crippen LogP contribution >= 0.6 is 0 Å². The highest BCUT2D eigenvalue weighted by Gasteiger charge is 2.26. The molecule has 2 fully saturated rings. The van der Waals surface area contributed by atoms with Gasteiger partial charge in [-0.2, -0.15) is 0 Å². The van der Waals surface area contributed by atoms with E-state index in [-0.39, 0.29) is 0 Å². The molecule has 0 bridgehead atoms. The summed E-state index contributed by atoms with van der Waals surface area (Å²) >= 11 is 0. The Labute approximate surface area is 94.6 Å². The Morgan fingerprint density at radius 1 is 1.12 bits per heavy atom. The van der Waals surface area contributed by atoms with Crippen LogP contribution in [0.25, 0.3) is 0 Å². The quantitative estimate of drug-likeness (QED) is 0.811. The maximum absolute atomic E-state index is 5.76. The molecule has 88 valence electrons. The number of nitrogens with zero attached hydrogens (tertiary/aromatic N) is 2. The fourth-order valence-electron chi connectivity index (χ4n) is 2.38. The molecule has 2 atom stereocenters. The van der Waals surface area contributed by atoms with Crippen LogP contribution in [0.5, 0.6) is 0 Å². The van der Waals surface area contributed by atoms with Crippen LogP contribution in [0.1, 0.15) is 42.9 Å². The molecule has 0 amide bonds. The van der Waals surface area contributed by atoms with Gasteiger partial charge in [-0.1, -0.05) is 0 Å². The van der Waals surface area contributed by atoms with Crippen LogP contribution in [0.4, 0.5) is 0 Å². The first-order chi connectivity index (χ1) is 7.93. The Morgan fingerprint density at radius 3 is 2.69 bits per heavy atom. The largest absolute Gasteiger partial charge is 0.425 e. The summed E-state index contributed by atoms with van der Waals surface area (Å²) in [7, 11) is 0. The van der Waals surface area contributed by atoms with E-state index in [1.165, 1.54) is 0 Å². The SMILES string of the molecule is C1COCC(c2nnc(C3CCNC3)o2)C1. The normalized spacial score (nSPS) is 30.8. The van der Waals surface area contributed by atoms with Crippen molar-refractivity contribution >= 4 is 0 Å². The maximum Gasteiger partial charge on any atom is 0.221 e. The second-order valence-corrected chi connectivity index (χ2v) is 4.58. The van der Waals surface area contributed by atoms with Crippen LogP contribution in [0, 0.1) is 0 Å². The van der Waals surface area contributed by atoms with Crippen LogP contribution in [-0.2, 0) is 4.74 Å². The minimum absolute atomic E-state index is 0.310. The predicted octanol–water partition coefficient (Wildman–Crippen LogP) is 1.04. The van der Waals surface area contributed by atoms with Crippen molar-refractivity contribution in [1.29, 1.82) is 0 Å². The molecule has 2 unspecified atom stereocenters. The molecule has 2 saturated heterocycles. The topological polar surface area (TPSA) is 60.2 Å². The Kier molecular flexibility index (Phi) is 2.88. The molecule has 0 aromatic carbocycles. The van der Waals surface area contributed by atoms with Crippen LogP contribution in [0.2, 0.25) is 0 Å². The van der Waals surface area contributed by atoms with Gasteiger partial charge in [0.05, 0.1) is 18.4 Å². The second kappa shape index (κ2) is 4.51. The van der Waals surface area contributed by atoms with Gasteiger partial charge in [-0.05, 0) is 25.8 Å². The Hall–Kier alpha value is -0.940. The minimum atomic E-state index is 0.310. The van der Waals surface area contributed by atoms with E-state index in [9.17, 15) is 0 Å². The summed E-state index contributed by atoms with van der Waals surface area (Å²) in [6.07, 6.45) is 3.29. The van der Waals surface area contributed by atoms with E-state index >= 15 is 0 Å². The van der Waals surface area contributed by atoms with Gasteiger partial charge in [-0.25, -0.2) is 0 Å². The predicted molar refractivity (Wildman–Crippen MR) is 57.3 cm³/mol. The Morgan fingerprint density at radius 2 is 2.00 bits per heavy atom. The van der Waals surface area contributed by atoms with Gasteiger partial charge in [0.2, 0.25) is 11.8 Å². The standard InChI is InChI=1S/C11H17N3O2/c1-2-9(7-15-5-1)11-14-13-10(16-11)8-3-4-12-6-8/h8-9,12H,1-7H2. The molecule has 0 spiro atoms. The summed E-state index contributed by atoms with van der Waals surface area (Å²) in [5.74, 6) is 2.28. The number of rotatable bonds is 2. The molecule has 0 saturated carbocycles. The highest BCUT2D eigenvalue weighted by molar-refractivity contribution is 4.99. The number of hydrogen-bond donors (Lipinski definition) is 1. The fraction of sp³-hybridized carbons (Fsp3) is 0.818. The molecule has 3 rings (SSSR count). The van der Waals surface area contributed by atoms with Crippen molar-refractivity contribution < 1.29 is 9.15 Å². The summed E-state index contributed by atoms with van der Waals surface area (Å²) < 4.78 is 11.2. The van der Waals surface area contributed by atoms with Gasteiger partial charge in [0.25, 0.3) is 0 Å². The lowest BCUT2D eigenvalue weighted by Crippen LogP contribution is -2.15. The van der Waals surface area contributed by atoms with Crippen LogP contribution in [0.3, 0.4) is 0 Å². The van der Waals surface area contributed by atoms with Gasteiger partial charge in [0, 0.05) is 13.2 Å². The third-order valence-electron chi connectivity index (χ3n) is 3.38. The third kappa shape index (κ3) is 1.97. The number of ether oxygens (including phenoxy) is 1. The molecule has 1 aromatic heterocycles. The molecule has 1 aromatic rings. The number of hydrogen-bond acceptors (Lipinski definition) is 5. The zero-order valence-electron chi connectivity index (χ0n) is 9.32. The van der Waals surface area contributed by atoms with Crippen molar-refractivity contribution in [3.8, 4) is 0 Å². The fourth-order valence-corrected chi connectivity index (χ4v) is 2.38. The van der Waals surface area contributed by atoms with Gasteiger partial charge >= 0.3 is 0 Å². The summed E-state index contributed by atoms with van der Waals surface area (Å²) in [5, 5.41) is 11.6. The van der Waals surface area contributed by atoms with Crippen LogP contribution in [-0.4, -0.2) is 36.5 Å². The first kappa shape index (κ1) is 10.2. The van der Waals surface area contributed by atoms with E-state index in [0.717, 1.165) is 57.3 Å². The second-order valence-electron chi connectivity index (χ2n) is 4.58. The van der Waals surface area contributed by atoms with Gasteiger partial charge in [-0.15, -0.1) is 10.2 Å². The van der Waals surface area contributed by atoms with Crippen molar-refractivity contribution in [2.24, 2.45) is 0 Å². The number of nitrogens with one attached hydrogen (secondary N) is 1. The number of aromatic nitrogens is 2. The average molecular weight is 223 g/mol. The molecule has 2 aliphatic rings. The van der Waals surface area contributed by atoms with Crippen molar-refractivity contribution in [2.75, 3.05) is 26.3 Å². The van der Waals surface area contributed by atoms with Gasteiger partial charge in [0.1, 0.15) is 0 Å². The monoisotopic (exact) mass is 223 g/mol. The van der Waals surface area contributed by atoms with Gasteiger partial charge in [0.15, 0.2) is 0 Å². The lowest BCUT2D eigenvalue weighted by Gasteiger charge is -2.18. The zero-order valence-corrected chi connectivity index (χ0v) is 9.32. The van der Waals surface area contributed by atoms with Gasteiger partial charge in [-0.3, -0.25) is 0 Å². The van der Waals surface area contributed by atoms with Crippen molar-refractivity contribution in [3.63, 3.8) is 0 Å². The molecular weight excluding hydrogens is 206 g/mol. The lowest BCUT2D eigenvalue weighted by molar-refractivity contribution is 0.0720. The highest BCUT2D eigenvalue weighted by Crippen LogP contribution is 2.27. The van der Waals surface area contributed by atoms with Crippen LogP contribution < -0.4 is 5.32 Å². The van der Waals surface area contributed by atoms with E-state index in [0.29, 0.717) is 11.8 Å². The van der Waals surface area contributed by atoms with E-state index in [1.54, 1.807) is 0 Å². The third-order valence-corrected chi connectivity index (χ3v) is 3.38. The summed E-state index contributed by atoms with van der Waals surface area (Å²) in [6.45, 7) is 3.60. The van der Waals surface area contributed by atoms with Crippen LogP contribution in [0.15, 0.2) is 4.42 Å². The smallest absolute Gasteiger partial charge is 0.221 e. The van der Waals surface area contributed by atoms with Gasteiger partial charge < -0.3 is 14.5 Å². The zero-order chi connectivity index (χ0) is 10.8. The molecular formula is C11H17N3O2. The maximum atomic E-state index is 5.76. The van der Waals surface area contributed by atoms with E-state index < -0.39 is 0 Å². The molecule has 5 heteroatoms. The first-order valence-electron chi connectivity index (χ1n) is 6.05. The molecule has 16 heavy (non-hydrogen) atoms.